The first-order valence-corrected chi connectivity index (χ1v) is 12.1. The second-order valence-corrected chi connectivity index (χ2v) is 11.7. The van der Waals surface area contributed by atoms with Gasteiger partial charge in [0.2, 0.25) is 0 Å². The second-order valence-electron chi connectivity index (χ2n) is 8.27. The predicted molar refractivity (Wildman–Crippen MR) is 124 cm³/mol. The third-order valence-electron chi connectivity index (χ3n) is 6.60. The molecule has 0 saturated carbocycles. The van der Waals surface area contributed by atoms with E-state index in [9.17, 15) is 4.57 Å². The molecule has 0 unspecified atom stereocenters. The fourth-order valence-corrected chi connectivity index (χ4v) is 9.09. The summed E-state index contributed by atoms with van der Waals surface area (Å²) in [7, 11) is 1.32. The average Bonchev–Trinajstić information content (AvgIpc) is 3.11. The summed E-state index contributed by atoms with van der Waals surface area (Å²) < 4.78 is 16.8. The van der Waals surface area contributed by atoms with Gasteiger partial charge in [-0.15, -0.1) is 0 Å². The average molecular weight is 399 g/mol. The SMILES string of the molecule is CN(C)P1(=O)[C@H](c2cccc3ccccc23)CC[C@H]1c1cccc2ccccc12. The Kier molecular flexibility index (Phi) is 4.57. The van der Waals surface area contributed by atoms with E-state index in [1.54, 1.807) is 0 Å². The lowest BCUT2D eigenvalue weighted by Gasteiger charge is -2.33. The number of rotatable bonds is 3. The van der Waals surface area contributed by atoms with Gasteiger partial charge in [0, 0.05) is 0 Å². The van der Waals surface area contributed by atoms with Gasteiger partial charge in [-0.25, -0.2) is 0 Å². The van der Waals surface area contributed by atoms with Gasteiger partial charge in [-0.3, -0.25) is 4.67 Å². The van der Waals surface area contributed by atoms with Gasteiger partial charge >= 0.3 is 0 Å². The van der Waals surface area contributed by atoms with Crippen LogP contribution in [0.25, 0.3) is 21.5 Å². The van der Waals surface area contributed by atoms with Gasteiger partial charge in [0.15, 0.2) is 7.29 Å². The van der Waals surface area contributed by atoms with Crippen LogP contribution in [-0.4, -0.2) is 18.8 Å². The van der Waals surface area contributed by atoms with Gasteiger partial charge in [0.25, 0.3) is 0 Å². The molecule has 2 atom stereocenters. The van der Waals surface area contributed by atoms with E-state index < -0.39 is 7.29 Å². The van der Waals surface area contributed by atoms with Crippen molar-refractivity contribution in [2.45, 2.75) is 24.2 Å². The number of hydrogen-bond donors (Lipinski definition) is 0. The normalized spacial score (nSPS) is 21.2. The summed E-state index contributed by atoms with van der Waals surface area (Å²) in [5, 5.41) is 4.93. The Bertz CT molecular complexity index is 1140. The highest BCUT2D eigenvalue weighted by molar-refractivity contribution is 7.62. The van der Waals surface area contributed by atoms with Gasteiger partial charge in [0.05, 0.1) is 11.3 Å². The smallest absolute Gasteiger partial charge is 0.164 e. The van der Waals surface area contributed by atoms with Crippen molar-refractivity contribution in [1.82, 2.24) is 4.67 Å². The van der Waals surface area contributed by atoms with Gasteiger partial charge < -0.3 is 4.57 Å². The molecule has 0 aliphatic carbocycles. The third-order valence-corrected chi connectivity index (χ3v) is 10.7. The van der Waals surface area contributed by atoms with Crippen molar-refractivity contribution in [2.75, 3.05) is 14.1 Å². The van der Waals surface area contributed by atoms with Crippen LogP contribution < -0.4 is 0 Å². The monoisotopic (exact) mass is 399 g/mol. The van der Waals surface area contributed by atoms with Gasteiger partial charge in [-0.1, -0.05) is 84.9 Å². The summed E-state index contributed by atoms with van der Waals surface area (Å²) in [6.45, 7) is 0. The summed E-state index contributed by atoms with van der Waals surface area (Å²) in [6.07, 6.45) is 1.91. The zero-order chi connectivity index (χ0) is 20.0. The number of fused-ring (bicyclic) bond motifs is 2. The molecule has 1 heterocycles. The van der Waals surface area contributed by atoms with E-state index in [0.29, 0.717) is 0 Å². The molecule has 1 saturated heterocycles. The van der Waals surface area contributed by atoms with E-state index in [4.69, 9.17) is 0 Å². The van der Waals surface area contributed by atoms with E-state index in [-0.39, 0.29) is 11.3 Å². The molecule has 1 aliphatic heterocycles. The van der Waals surface area contributed by atoms with Crippen molar-refractivity contribution >= 4 is 28.8 Å². The fourth-order valence-electron chi connectivity index (χ4n) is 5.25. The zero-order valence-electron chi connectivity index (χ0n) is 17.0. The molecule has 4 aromatic carbocycles. The lowest BCUT2D eigenvalue weighted by molar-refractivity contribution is 0.503. The number of nitrogens with zero attached hydrogens (tertiary/aromatic N) is 1. The number of benzene rings is 4. The van der Waals surface area contributed by atoms with E-state index in [1.165, 1.54) is 32.7 Å². The van der Waals surface area contributed by atoms with E-state index >= 15 is 0 Å². The van der Waals surface area contributed by atoms with Crippen molar-refractivity contribution in [3.8, 4) is 0 Å². The minimum Gasteiger partial charge on any atom is -0.305 e. The highest BCUT2D eigenvalue weighted by Gasteiger charge is 2.49. The zero-order valence-corrected chi connectivity index (χ0v) is 17.8. The summed E-state index contributed by atoms with van der Waals surface area (Å²) in [5.74, 6) is 0. The quantitative estimate of drug-likeness (QED) is 0.334. The standard InChI is InChI=1S/C26H26NOP/c1-27(2)29(28)25(23-15-7-11-19-9-3-5-13-21(19)23)17-18-26(29)24-16-8-12-20-10-4-6-14-22(20)24/h3-16,25-26H,17-18H2,1-2H3/t25-,26-/m0/s1. The Balaban J connectivity index is 1.69. The van der Waals surface area contributed by atoms with Crippen LogP contribution in [0.5, 0.6) is 0 Å². The van der Waals surface area contributed by atoms with Crippen LogP contribution in [0.15, 0.2) is 84.9 Å². The summed E-state index contributed by atoms with van der Waals surface area (Å²) in [5.41, 5.74) is 2.60. The maximum Gasteiger partial charge on any atom is 0.164 e. The maximum atomic E-state index is 14.8. The van der Waals surface area contributed by atoms with Gasteiger partial charge in [-0.05, 0) is 59.6 Å². The lowest BCUT2D eigenvalue weighted by atomic mass is 9.97. The molecule has 1 aliphatic rings. The van der Waals surface area contributed by atoms with Gasteiger partial charge in [-0.2, -0.15) is 0 Å². The fraction of sp³-hybridized carbons (Fsp3) is 0.231. The van der Waals surface area contributed by atoms with Crippen molar-refractivity contribution in [1.29, 1.82) is 0 Å². The van der Waals surface area contributed by atoms with Crippen LogP contribution in [0.4, 0.5) is 0 Å². The largest absolute Gasteiger partial charge is 0.305 e. The van der Waals surface area contributed by atoms with E-state index in [1.807, 2.05) is 18.8 Å². The molecule has 1 fully saturated rings. The Labute approximate surface area is 172 Å². The molecule has 0 radical (unpaired) electrons. The molecule has 5 rings (SSSR count). The van der Waals surface area contributed by atoms with E-state index in [0.717, 1.165) is 12.8 Å². The molecule has 0 amide bonds. The first-order chi connectivity index (χ1) is 14.1. The maximum absolute atomic E-state index is 14.8. The van der Waals surface area contributed by atoms with Gasteiger partial charge in [0.1, 0.15) is 0 Å². The highest BCUT2D eigenvalue weighted by atomic mass is 31.2. The van der Waals surface area contributed by atoms with Crippen molar-refractivity contribution in [2.24, 2.45) is 0 Å². The van der Waals surface area contributed by atoms with Crippen molar-refractivity contribution in [3.63, 3.8) is 0 Å². The highest BCUT2D eigenvalue weighted by Crippen LogP contribution is 2.77. The first-order valence-electron chi connectivity index (χ1n) is 10.3. The molecular formula is C26H26NOP. The molecule has 0 spiro atoms. The third kappa shape index (κ3) is 2.86. The van der Waals surface area contributed by atoms with Crippen LogP contribution in [0.1, 0.15) is 35.3 Å². The Morgan fingerprint density at radius 3 is 1.52 bits per heavy atom. The van der Waals surface area contributed by atoms with Crippen LogP contribution in [0.3, 0.4) is 0 Å². The molecule has 0 N–H and O–H groups in total. The minimum atomic E-state index is -2.68. The Morgan fingerprint density at radius 1 is 0.655 bits per heavy atom. The molecule has 2 nitrogen and oxygen atoms in total. The number of hydrogen-bond acceptors (Lipinski definition) is 1. The lowest BCUT2D eigenvalue weighted by Crippen LogP contribution is -2.15. The molecule has 0 aromatic heterocycles. The second kappa shape index (κ2) is 7.13. The molecule has 0 bridgehead atoms. The summed E-state index contributed by atoms with van der Waals surface area (Å²) >= 11 is 0. The molecule has 146 valence electrons. The topological polar surface area (TPSA) is 20.3 Å². The minimum absolute atomic E-state index is 0.0626. The van der Waals surface area contributed by atoms with Crippen LogP contribution in [0, 0.1) is 0 Å². The predicted octanol–water partition coefficient (Wildman–Crippen LogP) is 7.41. The molecule has 29 heavy (non-hydrogen) atoms. The van der Waals surface area contributed by atoms with Crippen molar-refractivity contribution < 1.29 is 4.57 Å². The Hall–Kier alpha value is -2.41. The van der Waals surface area contributed by atoms with Crippen LogP contribution in [-0.2, 0) is 4.57 Å². The molecular weight excluding hydrogens is 373 g/mol. The van der Waals surface area contributed by atoms with Crippen LogP contribution >= 0.6 is 7.29 Å². The summed E-state index contributed by atoms with van der Waals surface area (Å²) in [6, 6.07) is 29.9. The molecule has 4 aromatic rings. The Morgan fingerprint density at radius 2 is 1.07 bits per heavy atom. The van der Waals surface area contributed by atoms with E-state index in [2.05, 4.69) is 84.9 Å². The van der Waals surface area contributed by atoms with Crippen molar-refractivity contribution in [3.05, 3.63) is 96.1 Å². The first kappa shape index (κ1) is 18.6. The van der Waals surface area contributed by atoms with Crippen LogP contribution in [0.2, 0.25) is 0 Å². The summed E-state index contributed by atoms with van der Waals surface area (Å²) in [4.78, 5) is 0. The molecule has 3 heteroatoms.